The highest BCUT2D eigenvalue weighted by Crippen LogP contribution is 2.25. The molecule has 26 heavy (non-hydrogen) atoms. The van der Waals surface area contributed by atoms with Gasteiger partial charge in [-0.15, -0.1) is 5.10 Å². The maximum atomic E-state index is 12.8. The zero-order chi connectivity index (χ0) is 18.1. The Morgan fingerprint density at radius 2 is 2.04 bits per heavy atom. The highest BCUT2D eigenvalue weighted by atomic mass is 35.5. The van der Waals surface area contributed by atoms with Gasteiger partial charge in [-0.2, -0.15) is 0 Å². The Bertz CT molecular complexity index is 970. The number of para-hydroxylation sites is 1. The molecule has 0 saturated heterocycles. The summed E-state index contributed by atoms with van der Waals surface area (Å²) >= 11 is 6.19. The van der Waals surface area contributed by atoms with Crippen LogP contribution in [0.5, 0.6) is 5.75 Å². The van der Waals surface area contributed by atoms with Crippen molar-refractivity contribution in [1.29, 1.82) is 0 Å². The number of hydrogen-bond donors (Lipinski definition) is 0. The molecule has 6 nitrogen and oxygen atoms in total. The topological polar surface area (TPSA) is 60.2 Å². The van der Waals surface area contributed by atoms with E-state index in [9.17, 15) is 4.79 Å². The minimum absolute atomic E-state index is 0.142. The molecule has 0 atom stereocenters. The van der Waals surface area contributed by atoms with Crippen molar-refractivity contribution >= 4 is 17.5 Å². The molecule has 0 spiro atoms. The fraction of sp³-hybridized carbons (Fsp3) is 0.211. The van der Waals surface area contributed by atoms with Crippen LogP contribution in [0.15, 0.2) is 48.7 Å². The summed E-state index contributed by atoms with van der Waals surface area (Å²) < 4.78 is 6.81. The fourth-order valence-corrected chi connectivity index (χ4v) is 3.34. The smallest absolute Gasteiger partial charge is 0.276 e. The maximum Gasteiger partial charge on any atom is 0.276 e. The number of ether oxygens (including phenoxy) is 1. The molecule has 132 valence electrons. The Labute approximate surface area is 155 Å². The van der Waals surface area contributed by atoms with Crippen molar-refractivity contribution in [2.24, 2.45) is 0 Å². The van der Waals surface area contributed by atoms with Crippen LogP contribution in [-0.2, 0) is 13.0 Å². The summed E-state index contributed by atoms with van der Waals surface area (Å²) in [5.74, 6) is 0.652. The van der Waals surface area contributed by atoms with E-state index in [1.807, 2.05) is 30.3 Å². The van der Waals surface area contributed by atoms with E-state index in [-0.39, 0.29) is 5.91 Å². The highest BCUT2D eigenvalue weighted by Gasteiger charge is 2.24. The van der Waals surface area contributed by atoms with Gasteiger partial charge in [-0.25, -0.2) is 4.68 Å². The molecule has 0 unspecified atom stereocenters. The Morgan fingerprint density at radius 3 is 2.85 bits per heavy atom. The number of hydrogen-bond acceptors (Lipinski definition) is 4. The monoisotopic (exact) mass is 368 g/mol. The predicted octanol–water partition coefficient (Wildman–Crippen LogP) is 3.13. The van der Waals surface area contributed by atoms with Crippen LogP contribution < -0.4 is 4.74 Å². The Hall–Kier alpha value is -2.86. The number of rotatable bonds is 3. The quantitative estimate of drug-likeness (QED) is 0.712. The molecule has 0 bridgehead atoms. The second-order valence-corrected chi connectivity index (χ2v) is 6.52. The van der Waals surface area contributed by atoms with E-state index in [1.165, 1.54) is 10.2 Å². The zero-order valence-corrected chi connectivity index (χ0v) is 15.0. The van der Waals surface area contributed by atoms with Crippen molar-refractivity contribution in [3.8, 4) is 11.4 Å². The van der Waals surface area contributed by atoms with Crippen molar-refractivity contribution in [2.75, 3.05) is 13.7 Å². The first-order valence-corrected chi connectivity index (χ1v) is 8.66. The third-order valence-electron chi connectivity index (χ3n) is 4.52. The van der Waals surface area contributed by atoms with Crippen molar-refractivity contribution in [2.45, 2.75) is 13.0 Å². The lowest BCUT2D eigenvalue weighted by Gasteiger charge is -2.28. The molecular weight excluding hydrogens is 352 g/mol. The average molecular weight is 369 g/mol. The lowest BCUT2D eigenvalue weighted by molar-refractivity contribution is 0.0728. The van der Waals surface area contributed by atoms with E-state index in [1.54, 1.807) is 24.3 Å². The largest absolute Gasteiger partial charge is 0.497 e. The molecule has 1 amide bonds. The van der Waals surface area contributed by atoms with Crippen molar-refractivity contribution in [3.63, 3.8) is 0 Å². The summed E-state index contributed by atoms with van der Waals surface area (Å²) in [6, 6.07) is 13.3. The van der Waals surface area contributed by atoms with Crippen molar-refractivity contribution in [1.82, 2.24) is 19.9 Å². The van der Waals surface area contributed by atoms with Crippen LogP contribution in [0.25, 0.3) is 5.69 Å². The number of aromatic nitrogens is 3. The van der Waals surface area contributed by atoms with Gasteiger partial charge in [-0.1, -0.05) is 35.0 Å². The molecule has 2 heterocycles. The molecule has 4 rings (SSSR count). The fourth-order valence-electron chi connectivity index (χ4n) is 3.11. The third kappa shape index (κ3) is 3.04. The normalized spacial score (nSPS) is 13.4. The molecule has 0 N–H and O–H groups in total. The Morgan fingerprint density at radius 1 is 1.19 bits per heavy atom. The molecule has 1 aliphatic rings. The summed E-state index contributed by atoms with van der Waals surface area (Å²) in [5, 5.41) is 8.64. The van der Waals surface area contributed by atoms with Gasteiger partial charge in [0.2, 0.25) is 0 Å². The standard InChI is InChI=1S/C19H17ClN4O2/c1-26-15-7-6-13-8-9-23(11-14(13)10-15)19(25)17-12-24(22-21-17)18-5-3-2-4-16(18)20/h2-7,10,12H,8-9,11H2,1H3. The zero-order valence-electron chi connectivity index (χ0n) is 14.2. The van der Waals surface area contributed by atoms with Crippen LogP contribution in [0, 0.1) is 0 Å². The number of fused-ring (bicyclic) bond motifs is 1. The number of nitrogens with zero attached hydrogens (tertiary/aromatic N) is 4. The lowest BCUT2D eigenvalue weighted by Crippen LogP contribution is -2.36. The molecule has 0 aliphatic carbocycles. The predicted molar refractivity (Wildman–Crippen MR) is 97.8 cm³/mol. The minimum atomic E-state index is -0.142. The van der Waals surface area contributed by atoms with E-state index in [0.717, 1.165) is 17.7 Å². The molecule has 0 fully saturated rings. The Kier molecular flexibility index (Phi) is 4.34. The van der Waals surface area contributed by atoms with E-state index >= 15 is 0 Å². The first kappa shape index (κ1) is 16.6. The van der Waals surface area contributed by atoms with Crippen LogP contribution in [0.1, 0.15) is 21.6 Å². The molecule has 3 aromatic rings. The summed E-state index contributed by atoms with van der Waals surface area (Å²) in [4.78, 5) is 14.6. The van der Waals surface area contributed by atoms with Gasteiger partial charge in [0, 0.05) is 13.1 Å². The molecule has 7 heteroatoms. The third-order valence-corrected chi connectivity index (χ3v) is 4.84. The second-order valence-electron chi connectivity index (χ2n) is 6.11. The number of amides is 1. The number of benzene rings is 2. The summed E-state index contributed by atoms with van der Waals surface area (Å²) in [7, 11) is 1.64. The average Bonchev–Trinajstić information content (AvgIpc) is 3.16. The van der Waals surface area contributed by atoms with Crippen LogP contribution in [0.4, 0.5) is 0 Å². The van der Waals surface area contributed by atoms with Gasteiger partial charge in [0.15, 0.2) is 5.69 Å². The highest BCUT2D eigenvalue weighted by molar-refractivity contribution is 6.32. The molecule has 2 aromatic carbocycles. The van der Waals surface area contributed by atoms with Gasteiger partial charge in [0.25, 0.3) is 5.91 Å². The molecule has 1 aromatic heterocycles. The molecule has 0 radical (unpaired) electrons. The summed E-state index contributed by atoms with van der Waals surface area (Å²) in [6.45, 7) is 1.18. The van der Waals surface area contributed by atoms with Gasteiger partial charge in [-0.05, 0) is 41.8 Å². The number of methoxy groups -OCH3 is 1. The van der Waals surface area contributed by atoms with Gasteiger partial charge >= 0.3 is 0 Å². The van der Waals surface area contributed by atoms with Gasteiger partial charge < -0.3 is 9.64 Å². The van der Waals surface area contributed by atoms with Crippen LogP contribution in [0.2, 0.25) is 5.02 Å². The minimum Gasteiger partial charge on any atom is -0.497 e. The van der Waals surface area contributed by atoms with Crippen LogP contribution >= 0.6 is 11.6 Å². The van der Waals surface area contributed by atoms with Crippen molar-refractivity contribution < 1.29 is 9.53 Å². The number of carbonyl (C=O) groups is 1. The lowest BCUT2D eigenvalue weighted by atomic mass is 9.99. The van der Waals surface area contributed by atoms with E-state index < -0.39 is 0 Å². The van der Waals surface area contributed by atoms with E-state index in [4.69, 9.17) is 16.3 Å². The SMILES string of the molecule is COc1ccc2c(c1)CN(C(=O)c1cn(-c3ccccc3Cl)nn1)CC2. The summed E-state index contributed by atoms with van der Waals surface area (Å²) in [6.07, 6.45) is 2.42. The summed E-state index contributed by atoms with van der Waals surface area (Å²) in [5.41, 5.74) is 3.34. The van der Waals surface area contributed by atoms with Crippen LogP contribution in [-0.4, -0.2) is 39.5 Å². The Balaban J connectivity index is 1.56. The van der Waals surface area contributed by atoms with Crippen molar-refractivity contribution in [3.05, 3.63) is 70.5 Å². The first-order valence-electron chi connectivity index (χ1n) is 8.28. The second kappa shape index (κ2) is 6.80. The van der Waals surface area contributed by atoms with E-state index in [0.29, 0.717) is 29.5 Å². The van der Waals surface area contributed by atoms with Gasteiger partial charge in [-0.3, -0.25) is 4.79 Å². The number of halogens is 1. The van der Waals surface area contributed by atoms with E-state index in [2.05, 4.69) is 16.4 Å². The molecule has 1 aliphatic heterocycles. The number of carbonyl (C=O) groups excluding carboxylic acids is 1. The van der Waals surface area contributed by atoms with Crippen LogP contribution in [0.3, 0.4) is 0 Å². The van der Waals surface area contributed by atoms with Gasteiger partial charge in [0.05, 0.1) is 24.0 Å². The first-order chi connectivity index (χ1) is 12.7. The molecule has 0 saturated carbocycles. The maximum absolute atomic E-state index is 12.8. The van der Waals surface area contributed by atoms with Gasteiger partial charge in [0.1, 0.15) is 5.75 Å². The molecular formula is C19H17ClN4O2.